The van der Waals surface area contributed by atoms with Gasteiger partial charge in [0.05, 0.1) is 11.7 Å². The van der Waals surface area contributed by atoms with E-state index in [2.05, 4.69) is 5.32 Å². The van der Waals surface area contributed by atoms with Crippen molar-refractivity contribution in [3.8, 4) is 0 Å². The van der Waals surface area contributed by atoms with E-state index < -0.39 is 10.0 Å². The van der Waals surface area contributed by atoms with Crippen LogP contribution in [0.25, 0.3) is 10.8 Å². The second-order valence-corrected chi connectivity index (χ2v) is 9.97. The summed E-state index contributed by atoms with van der Waals surface area (Å²) < 4.78 is 27.3. The molecule has 1 amide bonds. The number of nitrogens with one attached hydrogen (secondary N) is 1. The van der Waals surface area contributed by atoms with Gasteiger partial charge in [-0.15, -0.1) is 0 Å². The average molecular weight is 443 g/mol. The molecule has 5 nitrogen and oxygen atoms in total. The van der Waals surface area contributed by atoms with Gasteiger partial charge >= 0.3 is 0 Å². The van der Waals surface area contributed by atoms with Crippen LogP contribution in [0.2, 0.25) is 5.02 Å². The molecule has 0 bridgehead atoms. The number of sulfonamides is 1. The number of benzene rings is 3. The number of hydrogen-bond acceptors (Lipinski definition) is 3. The van der Waals surface area contributed by atoms with Gasteiger partial charge in [0.25, 0.3) is 0 Å². The van der Waals surface area contributed by atoms with Crippen LogP contribution in [-0.2, 0) is 20.6 Å². The highest BCUT2D eigenvalue weighted by atomic mass is 35.5. The Labute approximate surface area is 181 Å². The van der Waals surface area contributed by atoms with Gasteiger partial charge in [-0.25, -0.2) is 12.7 Å². The fourth-order valence-electron chi connectivity index (χ4n) is 3.82. The molecule has 1 heterocycles. The molecule has 1 N–H and O–H groups in total. The van der Waals surface area contributed by atoms with Gasteiger partial charge in [-0.2, -0.15) is 0 Å². The van der Waals surface area contributed by atoms with Gasteiger partial charge in [0, 0.05) is 23.8 Å². The lowest BCUT2D eigenvalue weighted by Crippen LogP contribution is -2.44. The lowest BCUT2D eigenvalue weighted by Gasteiger charge is -2.31. The molecule has 1 aliphatic heterocycles. The van der Waals surface area contributed by atoms with Crippen LogP contribution in [0.4, 0.5) is 5.69 Å². The topological polar surface area (TPSA) is 66.5 Å². The van der Waals surface area contributed by atoms with Crippen LogP contribution in [0.3, 0.4) is 0 Å². The molecule has 1 aliphatic rings. The Bertz CT molecular complexity index is 1180. The highest BCUT2D eigenvalue weighted by Gasteiger charge is 2.32. The van der Waals surface area contributed by atoms with Crippen LogP contribution in [0.1, 0.15) is 18.4 Å². The number of amides is 1. The Morgan fingerprint density at radius 2 is 1.77 bits per heavy atom. The first-order chi connectivity index (χ1) is 14.4. The number of nitrogens with zero attached hydrogens (tertiary/aromatic N) is 1. The third-order valence-electron chi connectivity index (χ3n) is 5.46. The summed E-state index contributed by atoms with van der Waals surface area (Å²) in [6.45, 7) is 0.610. The summed E-state index contributed by atoms with van der Waals surface area (Å²) in [7, 11) is -3.56. The Kier molecular flexibility index (Phi) is 6.09. The molecule has 7 heteroatoms. The second-order valence-electron chi connectivity index (χ2n) is 7.60. The van der Waals surface area contributed by atoms with Crippen molar-refractivity contribution in [2.45, 2.75) is 18.6 Å². The number of hydrogen-bond donors (Lipinski definition) is 1. The number of anilines is 1. The van der Waals surface area contributed by atoms with Crippen LogP contribution in [0.15, 0.2) is 66.7 Å². The van der Waals surface area contributed by atoms with Crippen LogP contribution in [0.5, 0.6) is 0 Å². The summed E-state index contributed by atoms with van der Waals surface area (Å²) in [5.41, 5.74) is 1.29. The van der Waals surface area contributed by atoms with Gasteiger partial charge in [-0.3, -0.25) is 4.79 Å². The van der Waals surface area contributed by atoms with Crippen LogP contribution in [0, 0.1) is 5.92 Å². The third kappa shape index (κ3) is 4.67. The van der Waals surface area contributed by atoms with E-state index in [9.17, 15) is 13.2 Å². The summed E-state index contributed by atoms with van der Waals surface area (Å²) in [6.07, 6.45) is 1.31. The molecule has 1 atom stereocenters. The van der Waals surface area contributed by atoms with E-state index in [1.54, 1.807) is 24.3 Å². The maximum atomic E-state index is 12.9. The molecule has 0 aromatic heterocycles. The Morgan fingerprint density at radius 1 is 1.03 bits per heavy atom. The van der Waals surface area contributed by atoms with E-state index in [1.807, 2.05) is 42.5 Å². The first kappa shape index (κ1) is 20.8. The van der Waals surface area contributed by atoms with E-state index in [1.165, 1.54) is 4.31 Å². The van der Waals surface area contributed by atoms with Crippen molar-refractivity contribution in [2.24, 2.45) is 5.92 Å². The summed E-state index contributed by atoms with van der Waals surface area (Å²) in [6, 6.07) is 20.6. The number of carbonyl (C=O) groups excluding carboxylic acids is 1. The van der Waals surface area contributed by atoms with Crippen molar-refractivity contribution >= 4 is 44.0 Å². The van der Waals surface area contributed by atoms with Crippen molar-refractivity contribution in [3.63, 3.8) is 0 Å². The van der Waals surface area contributed by atoms with Crippen molar-refractivity contribution in [2.75, 3.05) is 18.4 Å². The van der Waals surface area contributed by atoms with Gasteiger partial charge in [0.1, 0.15) is 0 Å². The molecular weight excluding hydrogens is 420 g/mol. The van der Waals surface area contributed by atoms with Crippen molar-refractivity contribution < 1.29 is 13.2 Å². The quantitative estimate of drug-likeness (QED) is 0.624. The molecule has 30 heavy (non-hydrogen) atoms. The highest BCUT2D eigenvalue weighted by molar-refractivity contribution is 7.88. The molecule has 4 rings (SSSR count). The molecule has 0 radical (unpaired) electrons. The minimum Gasteiger partial charge on any atom is -0.326 e. The largest absolute Gasteiger partial charge is 0.326 e. The fraction of sp³-hybridized carbons (Fsp3) is 0.261. The summed E-state index contributed by atoms with van der Waals surface area (Å²) in [4.78, 5) is 12.8. The van der Waals surface area contributed by atoms with Gasteiger partial charge in [-0.05, 0) is 47.4 Å². The predicted molar refractivity (Wildman–Crippen MR) is 121 cm³/mol. The molecule has 1 unspecified atom stereocenters. The van der Waals surface area contributed by atoms with Crippen molar-refractivity contribution in [1.82, 2.24) is 4.31 Å². The van der Waals surface area contributed by atoms with E-state index in [0.717, 1.165) is 16.5 Å². The number of halogens is 1. The van der Waals surface area contributed by atoms with Crippen LogP contribution in [-0.4, -0.2) is 31.7 Å². The van der Waals surface area contributed by atoms with Gasteiger partial charge in [0.15, 0.2) is 0 Å². The monoisotopic (exact) mass is 442 g/mol. The average Bonchev–Trinajstić information content (AvgIpc) is 2.75. The van der Waals surface area contributed by atoms with Gasteiger partial charge < -0.3 is 5.32 Å². The molecule has 1 saturated heterocycles. The van der Waals surface area contributed by atoms with Crippen molar-refractivity contribution in [1.29, 1.82) is 0 Å². The number of carbonyl (C=O) groups is 1. The molecular formula is C23H23ClN2O3S. The molecule has 0 saturated carbocycles. The standard InChI is InChI=1S/C23H23ClN2O3S/c24-22-10-4-3-8-20(22)16-30(28,29)26-13-5-9-19(15-26)23(27)25-21-12-11-17-6-1-2-7-18(17)14-21/h1-4,6-8,10-12,14,19H,5,9,13,15-16H2,(H,25,27). The van der Waals surface area contributed by atoms with E-state index >= 15 is 0 Å². The lowest BCUT2D eigenvalue weighted by molar-refractivity contribution is -0.120. The lowest BCUT2D eigenvalue weighted by atomic mass is 9.98. The normalized spacial score (nSPS) is 17.7. The van der Waals surface area contributed by atoms with E-state index in [4.69, 9.17) is 11.6 Å². The summed E-state index contributed by atoms with van der Waals surface area (Å²) in [5.74, 6) is -0.694. The number of piperidine rings is 1. The van der Waals surface area contributed by atoms with Crippen LogP contribution >= 0.6 is 11.6 Å². The zero-order valence-corrected chi connectivity index (χ0v) is 18.0. The predicted octanol–water partition coefficient (Wildman–Crippen LogP) is 4.67. The molecule has 156 valence electrons. The Morgan fingerprint density at radius 3 is 2.57 bits per heavy atom. The molecule has 1 fully saturated rings. The minimum atomic E-state index is -3.56. The van der Waals surface area contributed by atoms with Crippen molar-refractivity contribution in [3.05, 3.63) is 77.3 Å². The van der Waals surface area contributed by atoms with Gasteiger partial charge in [-0.1, -0.05) is 60.1 Å². The SMILES string of the molecule is O=C(Nc1ccc2ccccc2c1)C1CCCN(S(=O)(=O)Cc2ccccc2Cl)C1. The number of rotatable bonds is 5. The molecule has 0 aliphatic carbocycles. The highest BCUT2D eigenvalue weighted by Crippen LogP contribution is 2.26. The Hall–Kier alpha value is -2.41. The van der Waals surface area contributed by atoms with Gasteiger partial charge in [0.2, 0.25) is 15.9 Å². The minimum absolute atomic E-state index is 0.150. The summed E-state index contributed by atoms with van der Waals surface area (Å²) in [5, 5.41) is 5.53. The third-order valence-corrected chi connectivity index (χ3v) is 7.62. The molecule has 0 spiro atoms. The second kappa shape index (κ2) is 8.76. The fourth-order valence-corrected chi connectivity index (χ4v) is 5.75. The first-order valence-corrected chi connectivity index (χ1v) is 11.9. The van der Waals surface area contributed by atoms with E-state index in [-0.39, 0.29) is 24.1 Å². The molecule has 3 aromatic carbocycles. The summed E-state index contributed by atoms with van der Waals surface area (Å²) >= 11 is 6.13. The van der Waals surface area contributed by atoms with Crippen LogP contribution < -0.4 is 5.32 Å². The first-order valence-electron chi connectivity index (χ1n) is 9.93. The maximum absolute atomic E-state index is 12.9. The molecule has 3 aromatic rings. The number of fused-ring (bicyclic) bond motifs is 1. The zero-order chi connectivity index (χ0) is 21.1. The maximum Gasteiger partial charge on any atom is 0.228 e. The van der Waals surface area contributed by atoms with E-state index in [0.29, 0.717) is 30.0 Å². The Balaban J connectivity index is 1.44. The zero-order valence-electron chi connectivity index (χ0n) is 16.4. The smallest absolute Gasteiger partial charge is 0.228 e.